The Balaban J connectivity index is 1.34. The fourth-order valence-electron chi connectivity index (χ4n) is 3.35. The van der Waals surface area contributed by atoms with E-state index in [0.29, 0.717) is 41.5 Å². The number of carbonyl (C=O) groups is 1. The number of thioether (sulfide) groups is 1. The van der Waals surface area contributed by atoms with Crippen molar-refractivity contribution >= 4 is 17.7 Å². The third-order valence-corrected chi connectivity index (χ3v) is 5.78. The molecule has 9 nitrogen and oxygen atoms in total. The Morgan fingerprint density at radius 2 is 2.10 bits per heavy atom. The monoisotopic (exact) mass is 428 g/mol. The van der Waals surface area contributed by atoms with Crippen LogP contribution >= 0.6 is 11.8 Å². The zero-order chi connectivity index (χ0) is 20.9. The number of rotatable bonds is 7. The summed E-state index contributed by atoms with van der Waals surface area (Å²) in [7, 11) is 0. The van der Waals surface area contributed by atoms with Crippen LogP contribution in [-0.2, 0) is 4.79 Å². The number of pyridine rings is 1. The second kappa shape index (κ2) is 9.38. The number of piperidine rings is 1. The fraction of sp³-hybridized carbons (Fsp3) is 0.500. The summed E-state index contributed by atoms with van der Waals surface area (Å²) in [6.07, 6.45) is 6.60. The number of likely N-dealkylation sites (tertiary alicyclic amines) is 1. The first-order chi connectivity index (χ1) is 14.6. The number of hydrogen-bond donors (Lipinski definition) is 0. The Labute approximate surface area is 178 Å². The molecule has 10 heteroatoms. The molecule has 1 amide bonds. The number of carbonyl (C=O) groups excluding carboxylic acids is 1. The number of nitrogens with zero attached hydrogens (tertiary/aromatic N) is 6. The van der Waals surface area contributed by atoms with Crippen LogP contribution in [-0.4, -0.2) is 48.4 Å². The maximum Gasteiger partial charge on any atom is 0.276 e. The van der Waals surface area contributed by atoms with E-state index in [1.54, 1.807) is 12.4 Å². The van der Waals surface area contributed by atoms with Crippen molar-refractivity contribution in [3.05, 3.63) is 36.2 Å². The predicted molar refractivity (Wildman–Crippen MR) is 110 cm³/mol. The molecule has 1 saturated heterocycles. The standard InChI is InChI=1S/C20H24N6O3S/c1-13(2)17-22-19(29-25-17)15-5-3-4-11-26(15)16(27)8-12-30-20-24-23-18(28-20)14-6-9-21-10-7-14/h6-7,9-10,13,15H,3-5,8,11-12H2,1-2H3. The van der Waals surface area contributed by atoms with E-state index in [-0.39, 0.29) is 17.9 Å². The van der Waals surface area contributed by atoms with Crippen LogP contribution in [0.1, 0.15) is 63.2 Å². The third-order valence-electron chi connectivity index (χ3n) is 4.96. The highest BCUT2D eigenvalue weighted by molar-refractivity contribution is 7.99. The van der Waals surface area contributed by atoms with E-state index in [0.717, 1.165) is 24.8 Å². The van der Waals surface area contributed by atoms with Crippen molar-refractivity contribution in [2.45, 2.75) is 56.7 Å². The summed E-state index contributed by atoms with van der Waals surface area (Å²) in [5.41, 5.74) is 0.817. The van der Waals surface area contributed by atoms with Crippen LogP contribution in [0.15, 0.2) is 38.7 Å². The van der Waals surface area contributed by atoms with E-state index in [2.05, 4.69) is 25.3 Å². The van der Waals surface area contributed by atoms with Crippen LogP contribution in [0.3, 0.4) is 0 Å². The maximum absolute atomic E-state index is 12.9. The summed E-state index contributed by atoms with van der Waals surface area (Å²) in [6.45, 7) is 4.75. The van der Waals surface area contributed by atoms with E-state index in [4.69, 9.17) is 8.94 Å². The molecule has 1 aliphatic rings. The Hall–Kier alpha value is -2.75. The van der Waals surface area contributed by atoms with Crippen molar-refractivity contribution in [2.75, 3.05) is 12.3 Å². The Bertz CT molecular complexity index is 974. The topological polar surface area (TPSA) is 111 Å². The smallest absolute Gasteiger partial charge is 0.276 e. The van der Waals surface area contributed by atoms with Gasteiger partial charge >= 0.3 is 0 Å². The lowest BCUT2D eigenvalue weighted by Gasteiger charge is -2.33. The van der Waals surface area contributed by atoms with Crippen LogP contribution in [0.5, 0.6) is 0 Å². The van der Waals surface area contributed by atoms with Crippen molar-refractivity contribution in [1.82, 2.24) is 30.2 Å². The van der Waals surface area contributed by atoms with Crippen LogP contribution in [0, 0.1) is 0 Å². The van der Waals surface area contributed by atoms with Crippen molar-refractivity contribution in [1.29, 1.82) is 0 Å². The Morgan fingerprint density at radius 3 is 2.87 bits per heavy atom. The van der Waals surface area contributed by atoms with E-state index in [9.17, 15) is 4.79 Å². The van der Waals surface area contributed by atoms with Crippen LogP contribution in [0.2, 0.25) is 0 Å². The Morgan fingerprint density at radius 1 is 1.27 bits per heavy atom. The zero-order valence-electron chi connectivity index (χ0n) is 17.0. The van der Waals surface area contributed by atoms with Gasteiger partial charge in [0.05, 0.1) is 0 Å². The van der Waals surface area contributed by atoms with Gasteiger partial charge in [0.25, 0.3) is 5.22 Å². The number of aromatic nitrogens is 5. The summed E-state index contributed by atoms with van der Waals surface area (Å²) in [5.74, 6) is 2.49. The van der Waals surface area contributed by atoms with Gasteiger partial charge in [0.2, 0.25) is 17.7 Å². The Kier molecular flexibility index (Phi) is 6.41. The molecule has 0 aromatic carbocycles. The van der Waals surface area contributed by atoms with Crippen molar-refractivity contribution < 1.29 is 13.7 Å². The van der Waals surface area contributed by atoms with Gasteiger partial charge in [0.1, 0.15) is 6.04 Å². The third kappa shape index (κ3) is 4.69. The first-order valence-electron chi connectivity index (χ1n) is 10.1. The molecule has 1 fully saturated rings. The highest BCUT2D eigenvalue weighted by Gasteiger charge is 2.32. The lowest BCUT2D eigenvalue weighted by atomic mass is 10.0. The van der Waals surface area contributed by atoms with Crippen molar-refractivity contribution in [3.8, 4) is 11.5 Å². The molecule has 0 bridgehead atoms. The lowest BCUT2D eigenvalue weighted by molar-refractivity contribution is -0.135. The molecule has 3 aromatic heterocycles. The summed E-state index contributed by atoms with van der Waals surface area (Å²) in [4.78, 5) is 23.2. The molecule has 4 rings (SSSR count). The highest BCUT2D eigenvalue weighted by Crippen LogP contribution is 2.31. The molecule has 1 unspecified atom stereocenters. The van der Waals surface area contributed by atoms with Gasteiger partial charge in [-0.1, -0.05) is 30.8 Å². The molecule has 0 spiro atoms. The molecular formula is C20H24N6O3S. The first-order valence-corrected chi connectivity index (χ1v) is 11.1. The molecule has 4 heterocycles. The van der Waals surface area contributed by atoms with Gasteiger partial charge in [-0.2, -0.15) is 4.98 Å². The van der Waals surface area contributed by atoms with Gasteiger partial charge in [-0.3, -0.25) is 9.78 Å². The van der Waals surface area contributed by atoms with E-state index < -0.39 is 0 Å². The fourth-order valence-corrected chi connectivity index (χ4v) is 4.04. The molecule has 3 aromatic rings. The summed E-state index contributed by atoms with van der Waals surface area (Å²) >= 11 is 1.38. The lowest BCUT2D eigenvalue weighted by Crippen LogP contribution is -2.38. The van der Waals surface area contributed by atoms with Gasteiger partial charge in [-0.25, -0.2) is 0 Å². The minimum Gasteiger partial charge on any atom is -0.411 e. The van der Waals surface area contributed by atoms with Crippen LogP contribution < -0.4 is 0 Å². The molecule has 0 aliphatic carbocycles. The zero-order valence-corrected chi connectivity index (χ0v) is 17.8. The molecular weight excluding hydrogens is 404 g/mol. The minimum atomic E-state index is -0.141. The summed E-state index contributed by atoms with van der Waals surface area (Å²) < 4.78 is 11.1. The average Bonchev–Trinajstić information content (AvgIpc) is 3.44. The van der Waals surface area contributed by atoms with Crippen molar-refractivity contribution in [3.63, 3.8) is 0 Å². The normalized spacial score (nSPS) is 16.9. The van der Waals surface area contributed by atoms with Gasteiger partial charge in [-0.15, -0.1) is 10.2 Å². The van der Waals surface area contributed by atoms with E-state index >= 15 is 0 Å². The SMILES string of the molecule is CC(C)c1noc(C2CCCCN2C(=O)CCSc2nnc(-c3ccncc3)o2)n1. The average molecular weight is 429 g/mol. The van der Waals surface area contributed by atoms with Crippen LogP contribution in [0.4, 0.5) is 0 Å². The molecule has 1 aliphatic heterocycles. The second-order valence-corrected chi connectivity index (χ2v) is 8.50. The summed E-state index contributed by atoms with van der Waals surface area (Å²) in [5, 5.41) is 12.6. The predicted octanol–water partition coefficient (Wildman–Crippen LogP) is 3.87. The number of amides is 1. The largest absolute Gasteiger partial charge is 0.411 e. The van der Waals surface area contributed by atoms with Gasteiger partial charge in [-0.05, 0) is 31.4 Å². The van der Waals surface area contributed by atoms with Crippen molar-refractivity contribution in [2.24, 2.45) is 0 Å². The minimum absolute atomic E-state index is 0.0744. The molecule has 158 valence electrons. The summed E-state index contributed by atoms with van der Waals surface area (Å²) in [6, 6.07) is 3.48. The quantitative estimate of drug-likeness (QED) is 0.518. The van der Waals surface area contributed by atoms with Gasteiger partial charge in [0.15, 0.2) is 5.82 Å². The first kappa shape index (κ1) is 20.5. The maximum atomic E-state index is 12.9. The second-order valence-electron chi connectivity index (χ2n) is 7.45. The van der Waals surface area contributed by atoms with E-state index in [1.165, 1.54) is 11.8 Å². The van der Waals surface area contributed by atoms with E-state index in [1.807, 2.05) is 30.9 Å². The molecule has 0 N–H and O–H groups in total. The molecule has 0 saturated carbocycles. The molecule has 0 radical (unpaired) electrons. The van der Waals surface area contributed by atoms with Gasteiger partial charge in [0, 0.05) is 42.6 Å². The highest BCUT2D eigenvalue weighted by atomic mass is 32.2. The number of hydrogen-bond acceptors (Lipinski definition) is 9. The molecule has 1 atom stereocenters. The van der Waals surface area contributed by atoms with Crippen LogP contribution in [0.25, 0.3) is 11.5 Å². The molecule has 30 heavy (non-hydrogen) atoms. The van der Waals surface area contributed by atoms with Gasteiger partial charge < -0.3 is 13.8 Å².